The Morgan fingerprint density at radius 2 is 1.74 bits per heavy atom. The second-order valence-corrected chi connectivity index (χ2v) is 8.22. The maximum absolute atomic E-state index is 12.6. The molecule has 0 radical (unpaired) electrons. The number of methoxy groups -OCH3 is 3. The molecule has 0 aliphatic rings. The Kier molecular flexibility index (Phi) is 7.19. The van der Waals surface area contributed by atoms with Crippen molar-refractivity contribution in [3.63, 3.8) is 0 Å². The zero-order valence-corrected chi connectivity index (χ0v) is 20.7. The van der Waals surface area contributed by atoms with Crippen LogP contribution in [0.2, 0.25) is 0 Å². The number of hydrogen-bond donors (Lipinski definition) is 1. The molecular formula is C27H30N4O4. The Labute approximate surface area is 204 Å². The summed E-state index contributed by atoms with van der Waals surface area (Å²) >= 11 is 0. The second kappa shape index (κ2) is 10.5. The van der Waals surface area contributed by atoms with Gasteiger partial charge in [0.25, 0.3) is 0 Å². The zero-order valence-electron chi connectivity index (χ0n) is 20.7. The van der Waals surface area contributed by atoms with Crippen LogP contribution in [0.3, 0.4) is 0 Å². The van der Waals surface area contributed by atoms with Crippen LogP contribution in [0.5, 0.6) is 17.2 Å². The molecule has 4 aromatic rings. The van der Waals surface area contributed by atoms with Crippen LogP contribution in [-0.2, 0) is 17.8 Å². The lowest BCUT2D eigenvalue weighted by molar-refractivity contribution is -0.121. The van der Waals surface area contributed by atoms with E-state index in [1.165, 1.54) is 0 Å². The van der Waals surface area contributed by atoms with Gasteiger partial charge in [-0.05, 0) is 44.0 Å². The fourth-order valence-corrected chi connectivity index (χ4v) is 4.20. The number of aryl methyl sites for hydroxylation is 2. The lowest BCUT2D eigenvalue weighted by atomic mass is 10.1. The third-order valence-electron chi connectivity index (χ3n) is 6.12. The molecule has 1 N–H and O–H groups in total. The Morgan fingerprint density at radius 3 is 2.49 bits per heavy atom. The lowest BCUT2D eigenvalue weighted by Crippen LogP contribution is -2.23. The molecule has 2 heterocycles. The lowest BCUT2D eigenvalue weighted by Gasteiger charge is -2.12. The average molecular weight is 475 g/mol. The van der Waals surface area contributed by atoms with Crippen LogP contribution in [0.15, 0.2) is 48.5 Å². The maximum Gasteiger partial charge on any atom is 0.220 e. The number of nitrogens with zero attached hydrogens (tertiary/aromatic N) is 3. The van der Waals surface area contributed by atoms with Crippen molar-refractivity contribution < 1.29 is 19.0 Å². The highest BCUT2D eigenvalue weighted by molar-refractivity contribution is 5.76. The van der Waals surface area contributed by atoms with Crippen molar-refractivity contribution in [2.45, 2.75) is 33.2 Å². The molecule has 1 amide bonds. The van der Waals surface area contributed by atoms with Crippen LogP contribution in [0.4, 0.5) is 0 Å². The maximum atomic E-state index is 12.6. The summed E-state index contributed by atoms with van der Waals surface area (Å²) in [6.45, 7) is 4.39. The SMILES string of the molecule is COc1ccc(-c2cc3nc(C)c(CCC(=O)NCc4ccccc4OC)c(C)n3n2)c(OC)c1. The molecule has 4 rings (SSSR count). The van der Waals surface area contributed by atoms with Crippen LogP contribution in [0, 0.1) is 13.8 Å². The first-order valence-corrected chi connectivity index (χ1v) is 11.4. The van der Waals surface area contributed by atoms with Crippen LogP contribution in [0.25, 0.3) is 16.9 Å². The first-order chi connectivity index (χ1) is 16.9. The van der Waals surface area contributed by atoms with Crippen LogP contribution < -0.4 is 19.5 Å². The topological polar surface area (TPSA) is 87.0 Å². The molecule has 2 aromatic carbocycles. The Hall–Kier alpha value is -4.07. The fourth-order valence-electron chi connectivity index (χ4n) is 4.20. The summed E-state index contributed by atoms with van der Waals surface area (Å²) in [4.78, 5) is 17.3. The Balaban J connectivity index is 1.52. The van der Waals surface area contributed by atoms with Crippen molar-refractivity contribution in [1.29, 1.82) is 0 Å². The Morgan fingerprint density at radius 1 is 0.971 bits per heavy atom. The molecule has 0 fully saturated rings. The van der Waals surface area contributed by atoms with Crippen molar-refractivity contribution in [3.05, 3.63) is 71.0 Å². The van der Waals surface area contributed by atoms with E-state index >= 15 is 0 Å². The second-order valence-electron chi connectivity index (χ2n) is 8.22. The molecule has 0 saturated carbocycles. The predicted octanol–water partition coefficient (Wildman–Crippen LogP) is 4.29. The van der Waals surface area contributed by atoms with Gasteiger partial charge in [0.2, 0.25) is 5.91 Å². The van der Waals surface area contributed by atoms with Gasteiger partial charge in [-0.1, -0.05) is 18.2 Å². The predicted molar refractivity (Wildman–Crippen MR) is 134 cm³/mol. The summed E-state index contributed by atoms with van der Waals surface area (Å²) in [7, 11) is 4.87. The van der Waals surface area contributed by atoms with Gasteiger partial charge >= 0.3 is 0 Å². The molecule has 2 aromatic heterocycles. The average Bonchev–Trinajstić information content (AvgIpc) is 3.30. The van der Waals surface area contributed by atoms with Gasteiger partial charge in [0.1, 0.15) is 17.2 Å². The molecule has 0 spiro atoms. The standard InChI is InChI=1S/C27H30N4O4/c1-17-21(12-13-27(32)28-16-19-8-6-7-9-24(19)34-4)18(2)31-26(29-17)15-23(30-31)22-11-10-20(33-3)14-25(22)35-5/h6-11,14-15H,12-13,16H2,1-5H3,(H,28,32). The number of fused-ring (bicyclic) bond motifs is 1. The molecule has 35 heavy (non-hydrogen) atoms. The highest BCUT2D eigenvalue weighted by Crippen LogP contribution is 2.33. The van der Waals surface area contributed by atoms with Crippen LogP contribution in [0.1, 0.15) is 28.9 Å². The first kappa shape index (κ1) is 24.1. The number of carbonyl (C=O) groups excluding carboxylic acids is 1. The van der Waals surface area contributed by atoms with Crippen LogP contribution >= 0.6 is 0 Å². The van der Waals surface area contributed by atoms with E-state index in [1.54, 1.807) is 21.3 Å². The molecule has 182 valence electrons. The normalized spacial score (nSPS) is 10.9. The molecule has 0 aliphatic carbocycles. The molecular weight excluding hydrogens is 444 g/mol. The van der Waals surface area contributed by atoms with E-state index in [0.29, 0.717) is 30.9 Å². The van der Waals surface area contributed by atoms with Crippen molar-refractivity contribution >= 4 is 11.6 Å². The number of aromatic nitrogens is 3. The van der Waals surface area contributed by atoms with Crippen molar-refractivity contribution in [2.75, 3.05) is 21.3 Å². The van der Waals surface area contributed by atoms with Gasteiger partial charge in [-0.3, -0.25) is 4.79 Å². The number of amides is 1. The molecule has 8 nitrogen and oxygen atoms in total. The molecule has 8 heteroatoms. The summed E-state index contributed by atoms with van der Waals surface area (Å²) in [5.41, 5.74) is 6.17. The summed E-state index contributed by atoms with van der Waals surface area (Å²) in [6, 6.07) is 15.2. The minimum atomic E-state index is -0.0288. The van der Waals surface area contributed by atoms with E-state index in [4.69, 9.17) is 24.3 Å². The number of hydrogen-bond acceptors (Lipinski definition) is 6. The van der Waals surface area contributed by atoms with Gasteiger partial charge in [0.05, 0.1) is 27.0 Å². The number of carbonyl (C=O) groups is 1. The minimum absolute atomic E-state index is 0.0288. The number of rotatable bonds is 9. The highest BCUT2D eigenvalue weighted by Gasteiger charge is 2.17. The zero-order chi connectivity index (χ0) is 24.9. The molecule has 0 saturated heterocycles. The summed E-state index contributed by atoms with van der Waals surface area (Å²) < 4.78 is 18.0. The van der Waals surface area contributed by atoms with Gasteiger partial charge < -0.3 is 19.5 Å². The molecule has 0 aliphatic heterocycles. The Bertz CT molecular complexity index is 1360. The monoisotopic (exact) mass is 474 g/mol. The fraction of sp³-hybridized carbons (Fsp3) is 0.296. The number of nitrogens with one attached hydrogen (secondary N) is 1. The number of ether oxygens (including phenoxy) is 3. The van der Waals surface area contributed by atoms with Crippen molar-refractivity contribution in [3.8, 4) is 28.5 Å². The molecule has 0 atom stereocenters. The van der Waals surface area contributed by atoms with Gasteiger partial charge in [0.15, 0.2) is 5.65 Å². The number of para-hydroxylation sites is 1. The van der Waals surface area contributed by atoms with Gasteiger partial charge in [0, 0.05) is 47.6 Å². The quantitative estimate of drug-likeness (QED) is 0.390. The van der Waals surface area contributed by atoms with Crippen LogP contribution in [-0.4, -0.2) is 41.8 Å². The van der Waals surface area contributed by atoms with E-state index in [0.717, 1.165) is 45.2 Å². The molecule has 0 unspecified atom stereocenters. The van der Waals surface area contributed by atoms with E-state index in [2.05, 4.69) is 5.32 Å². The van der Waals surface area contributed by atoms with E-state index in [9.17, 15) is 4.79 Å². The third-order valence-corrected chi connectivity index (χ3v) is 6.12. The summed E-state index contributed by atoms with van der Waals surface area (Å²) in [5, 5.41) is 7.77. The van der Waals surface area contributed by atoms with Gasteiger partial charge in [-0.15, -0.1) is 0 Å². The van der Waals surface area contributed by atoms with E-state index < -0.39 is 0 Å². The van der Waals surface area contributed by atoms with E-state index in [1.807, 2.05) is 66.9 Å². The van der Waals surface area contributed by atoms with Gasteiger partial charge in [-0.2, -0.15) is 5.10 Å². The minimum Gasteiger partial charge on any atom is -0.497 e. The van der Waals surface area contributed by atoms with Crippen molar-refractivity contribution in [2.24, 2.45) is 0 Å². The molecule has 0 bridgehead atoms. The largest absolute Gasteiger partial charge is 0.497 e. The number of benzene rings is 2. The smallest absolute Gasteiger partial charge is 0.220 e. The van der Waals surface area contributed by atoms with Gasteiger partial charge in [-0.25, -0.2) is 9.50 Å². The van der Waals surface area contributed by atoms with Crippen molar-refractivity contribution in [1.82, 2.24) is 19.9 Å². The van der Waals surface area contributed by atoms with E-state index in [-0.39, 0.29) is 5.91 Å². The third kappa shape index (κ3) is 5.06. The highest BCUT2D eigenvalue weighted by atomic mass is 16.5. The summed E-state index contributed by atoms with van der Waals surface area (Å²) in [5.74, 6) is 2.12. The summed E-state index contributed by atoms with van der Waals surface area (Å²) in [6.07, 6.45) is 0.920. The first-order valence-electron chi connectivity index (χ1n) is 11.4.